The van der Waals surface area contributed by atoms with Crippen LogP contribution in [-0.2, 0) is 6.42 Å². The molecule has 2 rings (SSSR count). The molecule has 0 amide bonds. The van der Waals surface area contributed by atoms with Crippen LogP contribution in [-0.4, -0.2) is 21.0 Å². The Morgan fingerprint density at radius 2 is 2.00 bits per heavy atom. The predicted molar refractivity (Wildman–Crippen MR) is 73.6 cm³/mol. The van der Waals surface area contributed by atoms with E-state index in [0.717, 1.165) is 23.2 Å². The number of carbonyl (C=O) groups is 1. The van der Waals surface area contributed by atoms with Gasteiger partial charge in [-0.25, -0.2) is 9.78 Å². The summed E-state index contributed by atoms with van der Waals surface area (Å²) in [5.74, 6) is -1.00. The fourth-order valence-corrected chi connectivity index (χ4v) is 2.10. The highest BCUT2D eigenvalue weighted by atomic mass is 35.5. The maximum atomic E-state index is 11.3. The molecule has 0 bridgehead atoms. The number of nitrogens with zero attached hydrogens (tertiary/aromatic N) is 2. The normalized spacial score (nSPS) is 10.5. The van der Waals surface area contributed by atoms with Crippen LogP contribution in [0.5, 0.6) is 0 Å². The summed E-state index contributed by atoms with van der Waals surface area (Å²) in [4.78, 5) is 19.4. The van der Waals surface area contributed by atoms with Gasteiger partial charge in [0.25, 0.3) is 0 Å². The Bertz CT molecular complexity index is 641. The van der Waals surface area contributed by atoms with E-state index in [2.05, 4.69) is 9.97 Å². The fourth-order valence-electron chi connectivity index (χ4n) is 1.94. The smallest absolute Gasteiger partial charge is 0.337 e. The first-order chi connectivity index (χ1) is 9.02. The molecule has 0 saturated carbocycles. The second kappa shape index (κ2) is 5.36. The van der Waals surface area contributed by atoms with Crippen molar-refractivity contribution in [2.45, 2.75) is 20.3 Å². The molecule has 0 atom stereocenters. The highest BCUT2D eigenvalue weighted by Gasteiger charge is 2.15. The summed E-state index contributed by atoms with van der Waals surface area (Å²) in [6.45, 7) is 3.81. The fraction of sp³-hybridized carbons (Fsp3) is 0.214. The molecule has 0 aliphatic rings. The third-order valence-electron chi connectivity index (χ3n) is 2.90. The zero-order chi connectivity index (χ0) is 14.0. The zero-order valence-electron chi connectivity index (χ0n) is 10.6. The molecule has 98 valence electrons. The lowest BCUT2D eigenvalue weighted by Gasteiger charge is -2.11. The summed E-state index contributed by atoms with van der Waals surface area (Å²) in [6, 6.07) is 3.45. The summed E-state index contributed by atoms with van der Waals surface area (Å²) < 4.78 is 0. The van der Waals surface area contributed by atoms with E-state index >= 15 is 0 Å². The summed E-state index contributed by atoms with van der Waals surface area (Å²) in [7, 11) is 0. The summed E-state index contributed by atoms with van der Waals surface area (Å²) in [5.41, 5.74) is 3.31. The second-order valence-corrected chi connectivity index (χ2v) is 4.58. The SMILES string of the molecule is CCc1cnc(Cl)cc1-c1cc(C)ncc1C(=O)O. The van der Waals surface area contributed by atoms with Crippen LogP contribution in [0.3, 0.4) is 0 Å². The van der Waals surface area contributed by atoms with Crippen molar-refractivity contribution in [1.29, 1.82) is 0 Å². The summed E-state index contributed by atoms with van der Waals surface area (Å²) in [5, 5.41) is 9.61. The molecule has 0 radical (unpaired) electrons. The van der Waals surface area contributed by atoms with Crippen molar-refractivity contribution in [3.05, 3.63) is 46.5 Å². The van der Waals surface area contributed by atoms with Crippen LogP contribution in [0, 0.1) is 6.92 Å². The maximum absolute atomic E-state index is 11.3. The van der Waals surface area contributed by atoms with Crippen molar-refractivity contribution in [2.75, 3.05) is 0 Å². The molecule has 19 heavy (non-hydrogen) atoms. The number of carboxylic acid groups (broad SMARTS) is 1. The molecule has 2 heterocycles. The number of pyridine rings is 2. The minimum absolute atomic E-state index is 0.169. The highest BCUT2D eigenvalue weighted by molar-refractivity contribution is 6.29. The molecule has 0 unspecified atom stereocenters. The molecule has 0 aliphatic carbocycles. The van der Waals surface area contributed by atoms with Crippen LogP contribution in [0.4, 0.5) is 0 Å². The topological polar surface area (TPSA) is 63.1 Å². The number of aromatic carboxylic acids is 1. The van der Waals surface area contributed by atoms with Gasteiger partial charge in [0.2, 0.25) is 0 Å². The lowest BCUT2D eigenvalue weighted by Crippen LogP contribution is -2.03. The summed E-state index contributed by atoms with van der Waals surface area (Å²) >= 11 is 5.92. The van der Waals surface area contributed by atoms with Gasteiger partial charge in [-0.1, -0.05) is 18.5 Å². The van der Waals surface area contributed by atoms with Crippen molar-refractivity contribution >= 4 is 17.6 Å². The minimum Gasteiger partial charge on any atom is -0.478 e. The van der Waals surface area contributed by atoms with Gasteiger partial charge >= 0.3 is 5.97 Å². The van der Waals surface area contributed by atoms with Gasteiger partial charge in [-0.05, 0) is 42.2 Å². The van der Waals surface area contributed by atoms with Crippen molar-refractivity contribution < 1.29 is 9.90 Å². The molecule has 1 N–H and O–H groups in total. The van der Waals surface area contributed by atoms with E-state index in [4.69, 9.17) is 11.6 Å². The first-order valence-electron chi connectivity index (χ1n) is 5.87. The van der Waals surface area contributed by atoms with Crippen LogP contribution >= 0.6 is 11.6 Å². The van der Waals surface area contributed by atoms with Gasteiger partial charge in [-0.15, -0.1) is 0 Å². The number of aromatic nitrogens is 2. The molecule has 5 heteroatoms. The van der Waals surface area contributed by atoms with Crippen molar-refractivity contribution in [3.63, 3.8) is 0 Å². The van der Waals surface area contributed by atoms with Crippen LogP contribution in [0.1, 0.15) is 28.5 Å². The van der Waals surface area contributed by atoms with Gasteiger partial charge in [-0.2, -0.15) is 0 Å². The quantitative estimate of drug-likeness (QED) is 0.873. The molecule has 4 nitrogen and oxygen atoms in total. The van der Waals surface area contributed by atoms with Crippen LogP contribution in [0.2, 0.25) is 5.15 Å². The first kappa shape index (κ1) is 13.5. The number of hydrogen-bond acceptors (Lipinski definition) is 3. The van der Waals surface area contributed by atoms with Gasteiger partial charge in [-0.3, -0.25) is 4.98 Å². The van der Waals surface area contributed by atoms with Gasteiger partial charge in [0, 0.05) is 18.1 Å². The summed E-state index contributed by atoms with van der Waals surface area (Å²) in [6.07, 6.45) is 3.81. The van der Waals surface area contributed by atoms with Gasteiger partial charge in [0.15, 0.2) is 0 Å². The van der Waals surface area contributed by atoms with E-state index in [9.17, 15) is 9.90 Å². The zero-order valence-corrected chi connectivity index (χ0v) is 11.4. The van der Waals surface area contributed by atoms with E-state index in [1.807, 2.05) is 13.8 Å². The van der Waals surface area contributed by atoms with E-state index in [-0.39, 0.29) is 5.56 Å². The van der Waals surface area contributed by atoms with Gasteiger partial charge < -0.3 is 5.11 Å². The van der Waals surface area contributed by atoms with E-state index in [0.29, 0.717) is 10.7 Å². The Morgan fingerprint density at radius 3 is 2.63 bits per heavy atom. The molecule has 0 fully saturated rings. The Morgan fingerprint density at radius 1 is 1.26 bits per heavy atom. The molecule has 0 aromatic carbocycles. The average molecular weight is 277 g/mol. The molecule has 2 aromatic rings. The number of carboxylic acids is 1. The largest absolute Gasteiger partial charge is 0.478 e. The average Bonchev–Trinajstić information content (AvgIpc) is 2.38. The van der Waals surface area contributed by atoms with Crippen molar-refractivity contribution in [1.82, 2.24) is 9.97 Å². The molecule has 2 aromatic heterocycles. The third kappa shape index (κ3) is 2.74. The first-order valence-corrected chi connectivity index (χ1v) is 6.25. The van der Waals surface area contributed by atoms with E-state index in [1.165, 1.54) is 6.20 Å². The monoisotopic (exact) mass is 276 g/mol. The maximum Gasteiger partial charge on any atom is 0.337 e. The van der Waals surface area contributed by atoms with Crippen LogP contribution in [0.15, 0.2) is 24.5 Å². The lowest BCUT2D eigenvalue weighted by atomic mass is 9.96. The number of rotatable bonds is 3. The van der Waals surface area contributed by atoms with E-state index < -0.39 is 5.97 Å². The standard InChI is InChI=1S/C14H13ClN2O2/c1-3-9-6-17-13(15)5-10(9)11-4-8(2)16-7-12(11)14(18)19/h4-7H,3H2,1-2H3,(H,18,19). The van der Waals surface area contributed by atoms with E-state index in [1.54, 1.807) is 18.3 Å². The molecular weight excluding hydrogens is 264 g/mol. The molecule has 0 aliphatic heterocycles. The van der Waals surface area contributed by atoms with Gasteiger partial charge in [0.1, 0.15) is 5.15 Å². The third-order valence-corrected chi connectivity index (χ3v) is 3.10. The number of halogens is 1. The predicted octanol–water partition coefficient (Wildman–Crippen LogP) is 3.37. The van der Waals surface area contributed by atoms with Crippen LogP contribution < -0.4 is 0 Å². The highest BCUT2D eigenvalue weighted by Crippen LogP contribution is 2.29. The van der Waals surface area contributed by atoms with Gasteiger partial charge in [0.05, 0.1) is 5.56 Å². The molecule has 0 saturated heterocycles. The minimum atomic E-state index is -1.00. The van der Waals surface area contributed by atoms with Crippen molar-refractivity contribution in [2.24, 2.45) is 0 Å². The Labute approximate surface area is 116 Å². The lowest BCUT2D eigenvalue weighted by molar-refractivity contribution is 0.0697. The van der Waals surface area contributed by atoms with Crippen molar-refractivity contribution in [3.8, 4) is 11.1 Å². The molecule has 0 spiro atoms. The molecular formula is C14H13ClN2O2. The number of hydrogen-bond donors (Lipinski definition) is 1. The number of aryl methyl sites for hydroxylation is 2. The Hall–Kier alpha value is -1.94. The second-order valence-electron chi connectivity index (χ2n) is 4.19. The Kier molecular flexibility index (Phi) is 3.81. The van der Waals surface area contributed by atoms with Crippen LogP contribution in [0.25, 0.3) is 11.1 Å². The Balaban J connectivity index is 2.73.